The van der Waals surface area contributed by atoms with E-state index in [0.717, 1.165) is 17.6 Å². The third-order valence-corrected chi connectivity index (χ3v) is 4.56. The monoisotopic (exact) mass is 316 g/mol. The number of imidazole rings is 1. The lowest BCUT2D eigenvalue weighted by Gasteiger charge is -2.10. The Bertz CT molecular complexity index is 819. The molecule has 2 aromatic carbocycles. The van der Waals surface area contributed by atoms with Crippen LogP contribution in [0.25, 0.3) is 11.0 Å². The normalized spacial score (nSPS) is 14.8. The molecule has 4 heteroatoms. The fourth-order valence-electron chi connectivity index (χ4n) is 2.73. The van der Waals surface area contributed by atoms with Crippen molar-refractivity contribution in [3.8, 4) is 0 Å². The number of aromatic nitrogens is 2. The second-order valence-corrected chi connectivity index (χ2v) is 6.40. The zero-order valence-electron chi connectivity index (χ0n) is 11.4. The van der Waals surface area contributed by atoms with Crippen molar-refractivity contribution < 1.29 is 0 Å². The zero-order chi connectivity index (χ0) is 14.4. The molecule has 0 amide bonds. The highest BCUT2D eigenvalue weighted by molar-refractivity contribution is 6.35. The standard InChI is InChI=1S/C17H14Cl2N2/c18-13-8-7-12(14(19)9-13)10-21-16-4-2-1-3-15(16)20-17(21)11-5-6-11/h1-4,7-9,11H,5-6,10H2. The smallest absolute Gasteiger partial charge is 0.113 e. The highest BCUT2D eigenvalue weighted by Gasteiger charge is 2.29. The van der Waals surface area contributed by atoms with E-state index in [1.165, 1.54) is 24.2 Å². The molecule has 1 aromatic heterocycles. The minimum absolute atomic E-state index is 0.600. The first-order valence-corrected chi connectivity index (χ1v) is 7.87. The van der Waals surface area contributed by atoms with Gasteiger partial charge in [-0.1, -0.05) is 41.4 Å². The van der Waals surface area contributed by atoms with Gasteiger partial charge < -0.3 is 4.57 Å². The van der Waals surface area contributed by atoms with Gasteiger partial charge in [0.05, 0.1) is 17.6 Å². The average Bonchev–Trinajstić information content (AvgIpc) is 3.25. The summed E-state index contributed by atoms with van der Waals surface area (Å²) in [5.41, 5.74) is 3.31. The summed E-state index contributed by atoms with van der Waals surface area (Å²) in [6, 6.07) is 14.0. The molecule has 0 unspecified atom stereocenters. The summed E-state index contributed by atoms with van der Waals surface area (Å²) in [5.74, 6) is 1.78. The Labute approximate surface area is 133 Å². The van der Waals surface area contributed by atoms with Crippen molar-refractivity contribution in [2.45, 2.75) is 25.3 Å². The van der Waals surface area contributed by atoms with Gasteiger partial charge in [-0.15, -0.1) is 0 Å². The fraction of sp³-hybridized carbons (Fsp3) is 0.235. The predicted octanol–water partition coefficient (Wildman–Crippen LogP) is 5.27. The Balaban J connectivity index is 1.83. The van der Waals surface area contributed by atoms with E-state index in [0.29, 0.717) is 16.0 Å². The van der Waals surface area contributed by atoms with Crippen LogP contribution in [-0.4, -0.2) is 9.55 Å². The molecule has 0 atom stereocenters. The van der Waals surface area contributed by atoms with Crippen molar-refractivity contribution in [2.24, 2.45) is 0 Å². The van der Waals surface area contributed by atoms with Gasteiger partial charge in [0.2, 0.25) is 0 Å². The van der Waals surface area contributed by atoms with E-state index in [-0.39, 0.29) is 0 Å². The number of rotatable bonds is 3. The molecular formula is C17H14Cl2N2. The third kappa shape index (κ3) is 2.43. The Morgan fingerprint density at radius 1 is 1.10 bits per heavy atom. The lowest BCUT2D eigenvalue weighted by molar-refractivity contribution is 0.747. The molecule has 1 aliphatic rings. The van der Waals surface area contributed by atoms with Gasteiger partial charge in [-0.05, 0) is 42.7 Å². The van der Waals surface area contributed by atoms with Gasteiger partial charge in [0.15, 0.2) is 0 Å². The highest BCUT2D eigenvalue weighted by atomic mass is 35.5. The van der Waals surface area contributed by atoms with Crippen molar-refractivity contribution >= 4 is 34.2 Å². The topological polar surface area (TPSA) is 17.8 Å². The van der Waals surface area contributed by atoms with E-state index in [9.17, 15) is 0 Å². The molecule has 1 fully saturated rings. The van der Waals surface area contributed by atoms with E-state index >= 15 is 0 Å². The molecule has 1 aliphatic carbocycles. The van der Waals surface area contributed by atoms with Gasteiger partial charge in [0.1, 0.15) is 5.82 Å². The molecule has 0 aliphatic heterocycles. The average molecular weight is 317 g/mol. The second-order valence-electron chi connectivity index (χ2n) is 5.55. The van der Waals surface area contributed by atoms with Crippen LogP contribution in [0.5, 0.6) is 0 Å². The first kappa shape index (κ1) is 13.2. The van der Waals surface area contributed by atoms with E-state index in [2.05, 4.69) is 22.8 Å². The number of hydrogen-bond donors (Lipinski definition) is 0. The number of benzene rings is 2. The maximum Gasteiger partial charge on any atom is 0.113 e. The Kier molecular flexibility index (Phi) is 3.16. The van der Waals surface area contributed by atoms with E-state index in [4.69, 9.17) is 28.2 Å². The summed E-state index contributed by atoms with van der Waals surface area (Å²) in [6.45, 7) is 0.738. The van der Waals surface area contributed by atoms with Crippen LogP contribution in [0.2, 0.25) is 10.0 Å². The lowest BCUT2D eigenvalue weighted by atomic mass is 10.2. The summed E-state index contributed by atoms with van der Waals surface area (Å²) in [5, 5.41) is 1.38. The zero-order valence-corrected chi connectivity index (χ0v) is 12.9. The maximum atomic E-state index is 6.33. The van der Waals surface area contributed by atoms with Gasteiger partial charge in [-0.2, -0.15) is 0 Å². The Morgan fingerprint density at radius 2 is 1.90 bits per heavy atom. The second kappa shape index (κ2) is 5.04. The number of halogens is 2. The maximum absolute atomic E-state index is 6.33. The number of nitrogens with zero attached hydrogens (tertiary/aromatic N) is 2. The molecule has 0 bridgehead atoms. The van der Waals surface area contributed by atoms with Gasteiger partial charge in [-0.3, -0.25) is 0 Å². The first-order chi connectivity index (χ1) is 10.2. The molecule has 106 valence electrons. The quantitative estimate of drug-likeness (QED) is 0.643. The molecule has 0 spiro atoms. The van der Waals surface area contributed by atoms with Crippen molar-refractivity contribution in [1.29, 1.82) is 0 Å². The summed E-state index contributed by atoms with van der Waals surface area (Å²) in [4.78, 5) is 4.81. The van der Waals surface area contributed by atoms with Crippen molar-refractivity contribution in [2.75, 3.05) is 0 Å². The summed E-state index contributed by atoms with van der Waals surface area (Å²) in [7, 11) is 0. The molecule has 3 aromatic rings. The van der Waals surface area contributed by atoms with Gasteiger partial charge in [0.25, 0.3) is 0 Å². The SMILES string of the molecule is Clc1ccc(Cn2c(C3CC3)nc3ccccc32)c(Cl)c1. The van der Waals surface area contributed by atoms with Crippen LogP contribution < -0.4 is 0 Å². The molecule has 21 heavy (non-hydrogen) atoms. The molecule has 0 saturated heterocycles. The molecular weight excluding hydrogens is 303 g/mol. The van der Waals surface area contributed by atoms with E-state index in [1.807, 2.05) is 18.2 Å². The highest BCUT2D eigenvalue weighted by Crippen LogP contribution is 2.41. The first-order valence-electron chi connectivity index (χ1n) is 7.11. The number of hydrogen-bond acceptors (Lipinski definition) is 1. The van der Waals surface area contributed by atoms with Crippen molar-refractivity contribution in [3.05, 3.63) is 63.9 Å². The Hall–Kier alpha value is -1.51. The summed E-state index contributed by atoms with van der Waals surface area (Å²) in [6.07, 6.45) is 2.47. The van der Waals surface area contributed by atoms with Crippen LogP contribution in [0.15, 0.2) is 42.5 Å². The molecule has 1 saturated carbocycles. The Morgan fingerprint density at radius 3 is 2.67 bits per heavy atom. The van der Waals surface area contributed by atoms with Crippen LogP contribution in [0.3, 0.4) is 0 Å². The van der Waals surface area contributed by atoms with Crippen LogP contribution in [-0.2, 0) is 6.54 Å². The van der Waals surface area contributed by atoms with Crippen LogP contribution in [0.4, 0.5) is 0 Å². The number of para-hydroxylation sites is 2. The van der Waals surface area contributed by atoms with E-state index in [1.54, 1.807) is 6.07 Å². The van der Waals surface area contributed by atoms with Crippen molar-refractivity contribution in [3.63, 3.8) is 0 Å². The number of fused-ring (bicyclic) bond motifs is 1. The van der Waals surface area contributed by atoms with Gasteiger partial charge in [-0.25, -0.2) is 4.98 Å². The third-order valence-electron chi connectivity index (χ3n) is 3.97. The molecule has 1 heterocycles. The molecule has 0 N–H and O–H groups in total. The molecule has 4 rings (SSSR count). The largest absolute Gasteiger partial charge is 0.323 e. The molecule has 2 nitrogen and oxygen atoms in total. The fourth-order valence-corrected chi connectivity index (χ4v) is 3.20. The van der Waals surface area contributed by atoms with Crippen LogP contribution in [0, 0.1) is 0 Å². The minimum Gasteiger partial charge on any atom is -0.323 e. The minimum atomic E-state index is 0.600. The lowest BCUT2D eigenvalue weighted by Crippen LogP contribution is -2.04. The van der Waals surface area contributed by atoms with Crippen LogP contribution in [0.1, 0.15) is 30.1 Å². The summed E-state index contributed by atoms with van der Waals surface area (Å²) < 4.78 is 2.29. The van der Waals surface area contributed by atoms with Gasteiger partial charge in [0, 0.05) is 16.0 Å². The van der Waals surface area contributed by atoms with E-state index < -0.39 is 0 Å². The summed E-state index contributed by atoms with van der Waals surface area (Å²) >= 11 is 12.3. The predicted molar refractivity (Wildman–Crippen MR) is 87.3 cm³/mol. The van der Waals surface area contributed by atoms with Crippen LogP contribution >= 0.6 is 23.2 Å². The van der Waals surface area contributed by atoms with Gasteiger partial charge >= 0.3 is 0 Å². The molecule has 0 radical (unpaired) electrons. The van der Waals surface area contributed by atoms with Crippen molar-refractivity contribution in [1.82, 2.24) is 9.55 Å².